The van der Waals surface area contributed by atoms with E-state index >= 15 is 4.39 Å². The normalized spacial score (nSPS) is 12.1. The number of pyridine rings is 1. The lowest BCUT2D eigenvalue weighted by molar-refractivity contribution is -0.137. The van der Waals surface area contributed by atoms with Crippen molar-refractivity contribution in [2.75, 3.05) is 25.0 Å². The molecule has 0 amide bonds. The minimum absolute atomic E-state index is 0.162. The van der Waals surface area contributed by atoms with E-state index in [1.54, 1.807) is 0 Å². The first-order valence-corrected chi connectivity index (χ1v) is 12.2. The highest BCUT2D eigenvalue weighted by molar-refractivity contribution is 7.92. The lowest BCUT2D eigenvalue weighted by Gasteiger charge is -2.13. The number of aromatic amines is 1. The molecule has 0 aliphatic rings. The number of hydrogen-bond donors (Lipinski definition) is 2. The molecule has 200 valence electrons. The molecule has 0 saturated carbocycles. The number of alkyl halides is 3. The van der Waals surface area contributed by atoms with Gasteiger partial charge in [-0.3, -0.25) is 9.52 Å². The van der Waals surface area contributed by atoms with E-state index in [2.05, 4.69) is 9.97 Å². The summed E-state index contributed by atoms with van der Waals surface area (Å²) in [5.74, 6) is -3.63. The van der Waals surface area contributed by atoms with E-state index in [4.69, 9.17) is 9.47 Å². The lowest BCUT2D eigenvalue weighted by atomic mass is 10.0. The largest absolute Gasteiger partial charge is 0.490 e. The molecule has 0 aliphatic carbocycles. The van der Waals surface area contributed by atoms with Crippen LogP contribution < -0.4 is 9.46 Å². The highest BCUT2D eigenvalue weighted by Gasteiger charge is 2.31. The standard InChI is InChI=1S/C24H18F5N3O5S/c1-36-8-9-37-14-10-16-17(12-31-23(16)30-11-14)22(33)20-18(25)6-7-19(21(20)26)32-38(34,35)15-4-2-13(3-5-15)24(27,28)29/h2-7,10-12,32H,8-9H2,1H3,(H,30,31). The number of ether oxygens (including phenoxy) is 2. The molecule has 4 rings (SSSR count). The number of benzene rings is 2. The SMILES string of the molecule is COCCOc1cnc2[nH]cc(C(=O)c3c(F)ccc(NS(=O)(=O)c4ccc(C(F)(F)F)cc4)c3F)c2c1. The summed E-state index contributed by atoms with van der Waals surface area (Å²) in [6.45, 7) is 0.463. The van der Waals surface area contributed by atoms with Crippen LogP contribution in [0.4, 0.5) is 27.6 Å². The summed E-state index contributed by atoms with van der Waals surface area (Å²) < 4.78 is 106. The van der Waals surface area contributed by atoms with Gasteiger partial charge in [-0.05, 0) is 42.5 Å². The fourth-order valence-electron chi connectivity index (χ4n) is 3.49. The molecule has 4 aromatic rings. The maximum absolute atomic E-state index is 15.3. The zero-order chi connectivity index (χ0) is 27.7. The number of carbonyl (C=O) groups excluding carboxylic acids is 1. The summed E-state index contributed by atoms with van der Waals surface area (Å²) in [5.41, 5.74) is -2.85. The van der Waals surface area contributed by atoms with Crippen LogP contribution in [-0.4, -0.2) is 44.5 Å². The number of aromatic nitrogens is 2. The molecule has 14 heteroatoms. The molecular weight excluding hydrogens is 537 g/mol. The Morgan fingerprint density at radius 1 is 1.08 bits per heavy atom. The fraction of sp³-hybridized carbons (Fsp3) is 0.167. The number of ketones is 1. The third-order valence-electron chi connectivity index (χ3n) is 5.36. The van der Waals surface area contributed by atoms with Gasteiger partial charge in [-0.15, -0.1) is 0 Å². The predicted molar refractivity (Wildman–Crippen MR) is 126 cm³/mol. The minimum Gasteiger partial charge on any atom is -0.490 e. The van der Waals surface area contributed by atoms with Gasteiger partial charge in [0.15, 0.2) is 5.82 Å². The average molecular weight is 555 g/mol. The number of halogens is 5. The van der Waals surface area contributed by atoms with Crippen LogP contribution in [0.5, 0.6) is 5.75 Å². The molecular formula is C24H18F5N3O5S. The number of carbonyl (C=O) groups is 1. The first-order valence-electron chi connectivity index (χ1n) is 10.7. The van der Waals surface area contributed by atoms with Crippen LogP contribution in [0.25, 0.3) is 11.0 Å². The van der Waals surface area contributed by atoms with Gasteiger partial charge in [-0.1, -0.05) is 0 Å². The highest BCUT2D eigenvalue weighted by atomic mass is 32.2. The number of rotatable bonds is 9. The van der Waals surface area contributed by atoms with Crippen LogP contribution in [0.3, 0.4) is 0 Å². The summed E-state index contributed by atoms with van der Waals surface area (Å²) in [7, 11) is -3.11. The molecule has 0 bridgehead atoms. The second-order valence-corrected chi connectivity index (χ2v) is 9.53. The van der Waals surface area contributed by atoms with Gasteiger partial charge in [0.05, 0.1) is 34.5 Å². The van der Waals surface area contributed by atoms with Gasteiger partial charge in [0.1, 0.15) is 23.8 Å². The fourth-order valence-corrected chi connectivity index (χ4v) is 4.55. The molecule has 2 N–H and O–H groups in total. The van der Waals surface area contributed by atoms with Crippen LogP contribution in [0, 0.1) is 11.6 Å². The van der Waals surface area contributed by atoms with Crippen LogP contribution in [0.1, 0.15) is 21.5 Å². The summed E-state index contributed by atoms with van der Waals surface area (Å²) in [6.07, 6.45) is -2.12. The van der Waals surface area contributed by atoms with Crippen molar-refractivity contribution in [2.45, 2.75) is 11.1 Å². The Morgan fingerprint density at radius 3 is 2.45 bits per heavy atom. The zero-order valence-corrected chi connectivity index (χ0v) is 20.2. The molecule has 0 aliphatic heterocycles. The number of sulfonamides is 1. The molecule has 2 aromatic heterocycles. The van der Waals surface area contributed by atoms with Crippen molar-refractivity contribution in [3.63, 3.8) is 0 Å². The molecule has 0 fully saturated rings. The monoisotopic (exact) mass is 555 g/mol. The Labute approximate surface area is 212 Å². The average Bonchev–Trinajstić information content (AvgIpc) is 3.29. The van der Waals surface area contributed by atoms with Crippen LogP contribution in [0.15, 0.2) is 59.8 Å². The molecule has 0 unspecified atom stereocenters. The Morgan fingerprint density at radius 2 is 1.79 bits per heavy atom. The molecule has 8 nitrogen and oxygen atoms in total. The van der Waals surface area contributed by atoms with Gasteiger partial charge in [-0.2, -0.15) is 13.2 Å². The van der Waals surface area contributed by atoms with E-state index in [1.165, 1.54) is 25.6 Å². The van der Waals surface area contributed by atoms with Gasteiger partial charge >= 0.3 is 6.18 Å². The van der Waals surface area contributed by atoms with Crippen LogP contribution in [-0.2, 0) is 20.9 Å². The Hall–Kier alpha value is -4.04. The molecule has 0 spiro atoms. The van der Waals surface area contributed by atoms with Crippen molar-refractivity contribution in [1.29, 1.82) is 0 Å². The van der Waals surface area contributed by atoms with Gasteiger partial charge in [-0.25, -0.2) is 22.2 Å². The van der Waals surface area contributed by atoms with E-state index in [0.29, 0.717) is 30.3 Å². The maximum Gasteiger partial charge on any atom is 0.416 e. The van der Waals surface area contributed by atoms with E-state index in [1.807, 2.05) is 4.72 Å². The van der Waals surface area contributed by atoms with E-state index in [-0.39, 0.29) is 35.6 Å². The zero-order valence-electron chi connectivity index (χ0n) is 19.4. The first-order chi connectivity index (χ1) is 17.9. The quantitative estimate of drug-likeness (QED) is 0.172. The number of methoxy groups -OCH3 is 1. The molecule has 2 heterocycles. The van der Waals surface area contributed by atoms with Crippen molar-refractivity contribution in [3.05, 3.63) is 83.2 Å². The summed E-state index contributed by atoms with van der Waals surface area (Å²) in [5, 5.41) is 0.194. The molecule has 38 heavy (non-hydrogen) atoms. The smallest absolute Gasteiger partial charge is 0.416 e. The second-order valence-electron chi connectivity index (χ2n) is 7.85. The first kappa shape index (κ1) is 27.0. The van der Waals surface area contributed by atoms with Crippen molar-refractivity contribution in [1.82, 2.24) is 9.97 Å². The third kappa shape index (κ3) is 5.45. The summed E-state index contributed by atoms with van der Waals surface area (Å²) >= 11 is 0. The molecule has 0 atom stereocenters. The van der Waals surface area contributed by atoms with Crippen molar-refractivity contribution >= 4 is 32.5 Å². The number of fused-ring (bicyclic) bond motifs is 1. The van der Waals surface area contributed by atoms with Crippen LogP contribution in [0.2, 0.25) is 0 Å². The molecule has 0 radical (unpaired) electrons. The van der Waals surface area contributed by atoms with E-state index in [9.17, 15) is 30.8 Å². The van der Waals surface area contributed by atoms with Crippen molar-refractivity contribution < 1.29 is 44.6 Å². The Bertz CT molecular complexity index is 1600. The number of nitrogens with one attached hydrogen (secondary N) is 2. The predicted octanol–water partition coefficient (Wildman–Crippen LogP) is 4.92. The summed E-state index contributed by atoms with van der Waals surface area (Å²) in [4.78, 5) is 19.4. The topological polar surface area (TPSA) is 110 Å². The summed E-state index contributed by atoms with van der Waals surface area (Å²) in [6, 6.07) is 5.34. The maximum atomic E-state index is 15.3. The van der Waals surface area contributed by atoms with E-state index < -0.39 is 55.3 Å². The molecule has 0 saturated heterocycles. The number of hydrogen-bond acceptors (Lipinski definition) is 6. The second kappa shape index (κ2) is 10.4. The van der Waals surface area contributed by atoms with E-state index in [0.717, 1.165) is 6.07 Å². The minimum atomic E-state index is -4.69. The number of nitrogens with zero attached hydrogens (tertiary/aromatic N) is 1. The van der Waals surface area contributed by atoms with Crippen LogP contribution >= 0.6 is 0 Å². The van der Waals surface area contributed by atoms with Gasteiger partial charge < -0.3 is 14.5 Å². The Balaban J connectivity index is 1.66. The third-order valence-corrected chi connectivity index (χ3v) is 6.74. The highest BCUT2D eigenvalue weighted by Crippen LogP contribution is 2.31. The number of H-pyrrole nitrogens is 1. The molecule has 2 aromatic carbocycles. The Kier molecular flexibility index (Phi) is 7.37. The van der Waals surface area contributed by atoms with Gasteiger partial charge in [0, 0.05) is 24.3 Å². The number of anilines is 1. The van der Waals surface area contributed by atoms with Crippen molar-refractivity contribution in [2.24, 2.45) is 0 Å². The van der Waals surface area contributed by atoms with Gasteiger partial charge in [0.2, 0.25) is 5.78 Å². The van der Waals surface area contributed by atoms with Crippen molar-refractivity contribution in [3.8, 4) is 5.75 Å². The lowest BCUT2D eigenvalue weighted by Crippen LogP contribution is -2.17. The van der Waals surface area contributed by atoms with Gasteiger partial charge in [0.25, 0.3) is 10.0 Å².